The zero-order chi connectivity index (χ0) is 17.3. The zero-order valence-corrected chi connectivity index (χ0v) is 13.8. The van der Waals surface area contributed by atoms with E-state index in [2.05, 4.69) is 0 Å². The van der Waals surface area contributed by atoms with E-state index >= 15 is 0 Å². The van der Waals surface area contributed by atoms with Crippen LogP contribution in [-0.4, -0.2) is 23.6 Å². The van der Waals surface area contributed by atoms with Crippen molar-refractivity contribution in [2.24, 2.45) is 11.8 Å². The van der Waals surface area contributed by atoms with Gasteiger partial charge in [0.15, 0.2) is 23.6 Å². The van der Waals surface area contributed by atoms with Crippen molar-refractivity contribution >= 4 is 28.3 Å². The highest BCUT2D eigenvalue weighted by atomic mass is 16.6. The summed E-state index contributed by atoms with van der Waals surface area (Å²) in [6.07, 6.45) is -0.252. The van der Waals surface area contributed by atoms with Gasteiger partial charge in [0.1, 0.15) is 0 Å². The number of carbonyl (C=O) groups excluding carboxylic acids is 3. The number of ketones is 2. The highest BCUT2D eigenvalue weighted by Gasteiger charge is 2.47. The van der Waals surface area contributed by atoms with E-state index in [1.54, 1.807) is 0 Å². The van der Waals surface area contributed by atoms with E-state index < -0.39 is 18.0 Å². The lowest BCUT2D eigenvalue weighted by atomic mass is 9.91. The fourth-order valence-corrected chi connectivity index (χ4v) is 3.10. The van der Waals surface area contributed by atoms with Crippen molar-refractivity contribution in [2.45, 2.75) is 32.8 Å². The van der Waals surface area contributed by atoms with Crippen molar-refractivity contribution < 1.29 is 19.1 Å². The van der Waals surface area contributed by atoms with Crippen LogP contribution in [0.1, 0.15) is 25.8 Å². The average molecular weight is 324 g/mol. The lowest BCUT2D eigenvalue weighted by Crippen LogP contribution is -2.29. The molecule has 2 aromatic rings. The Bertz CT molecular complexity index is 806. The number of ether oxygens (including phenoxy) is 1. The van der Waals surface area contributed by atoms with Crippen LogP contribution in [0.2, 0.25) is 0 Å². The number of cyclic esters (lactones) is 1. The maximum atomic E-state index is 12.5. The summed E-state index contributed by atoms with van der Waals surface area (Å²) < 4.78 is 5.12. The lowest BCUT2D eigenvalue weighted by Gasteiger charge is -2.09. The van der Waals surface area contributed by atoms with Gasteiger partial charge in [0.05, 0.1) is 0 Å². The number of Topliss-reactive ketones (excluding diaryl/α,β-unsaturated/α-hetero) is 2. The third-order valence-corrected chi connectivity index (χ3v) is 4.30. The molecule has 24 heavy (non-hydrogen) atoms. The maximum absolute atomic E-state index is 12.5. The standard InChI is InChI=1S/C20H20O4/c1-12(2)9-17-19(22)18(20(23)24-17)16(21)11-13-7-8-14-5-3-4-6-15(14)10-13/h3-8,10,12,17-18H,9,11H2,1-2H3. The molecule has 1 saturated heterocycles. The topological polar surface area (TPSA) is 60.4 Å². The van der Waals surface area contributed by atoms with Crippen LogP contribution in [-0.2, 0) is 25.5 Å². The third-order valence-electron chi connectivity index (χ3n) is 4.30. The second-order valence-corrected chi connectivity index (χ2v) is 6.72. The van der Waals surface area contributed by atoms with Gasteiger partial charge < -0.3 is 4.74 Å². The van der Waals surface area contributed by atoms with E-state index in [1.807, 2.05) is 56.3 Å². The van der Waals surface area contributed by atoms with E-state index in [-0.39, 0.29) is 23.9 Å². The predicted octanol–water partition coefficient (Wildman–Crippen LogP) is 3.11. The van der Waals surface area contributed by atoms with Crippen molar-refractivity contribution in [2.75, 3.05) is 0 Å². The lowest BCUT2D eigenvalue weighted by molar-refractivity contribution is -0.147. The van der Waals surface area contributed by atoms with Crippen LogP contribution in [0.3, 0.4) is 0 Å². The molecule has 0 spiro atoms. The van der Waals surface area contributed by atoms with Gasteiger partial charge in [-0.1, -0.05) is 56.3 Å². The molecule has 3 rings (SSSR count). The van der Waals surface area contributed by atoms with E-state index in [9.17, 15) is 14.4 Å². The van der Waals surface area contributed by atoms with Crippen LogP contribution in [0.25, 0.3) is 10.8 Å². The molecule has 124 valence electrons. The second kappa shape index (κ2) is 6.56. The smallest absolute Gasteiger partial charge is 0.325 e. The molecule has 0 aromatic heterocycles. The van der Waals surface area contributed by atoms with Crippen LogP contribution in [0.4, 0.5) is 0 Å². The van der Waals surface area contributed by atoms with Gasteiger partial charge in [-0.15, -0.1) is 0 Å². The van der Waals surface area contributed by atoms with Crippen molar-refractivity contribution in [3.05, 3.63) is 48.0 Å². The van der Waals surface area contributed by atoms with Gasteiger partial charge >= 0.3 is 5.97 Å². The third kappa shape index (κ3) is 3.23. The Labute approximate surface area is 140 Å². The minimum Gasteiger partial charge on any atom is -0.453 e. The fraction of sp³-hybridized carbons (Fsp3) is 0.350. The van der Waals surface area contributed by atoms with Crippen molar-refractivity contribution in [3.63, 3.8) is 0 Å². The Hall–Kier alpha value is -2.49. The first-order valence-corrected chi connectivity index (χ1v) is 8.20. The number of benzene rings is 2. The summed E-state index contributed by atoms with van der Waals surface area (Å²) in [6.45, 7) is 3.90. The largest absolute Gasteiger partial charge is 0.453 e. The number of rotatable bonds is 5. The first-order valence-electron chi connectivity index (χ1n) is 8.20. The molecule has 1 fully saturated rings. The van der Waals surface area contributed by atoms with Crippen molar-refractivity contribution in [1.82, 2.24) is 0 Å². The van der Waals surface area contributed by atoms with Gasteiger partial charge in [-0.05, 0) is 28.7 Å². The van der Waals surface area contributed by atoms with Crippen LogP contribution < -0.4 is 0 Å². The predicted molar refractivity (Wildman–Crippen MR) is 90.5 cm³/mol. The molecule has 2 aromatic carbocycles. The van der Waals surface area contributed by atoms with E-state index in [1.165, 1.54) is 0 Å². The van der Waals surface area contributed by atoms with Gasteiger partial charge in [-0.25, -0.2) is 0 Å². The quantitative estimate of drug-likeness (QED) is 0.626. The molecule has 0 saturated carbocycles. The summed E-state index contributed by atoms with van der Waals surface area (Å²) in [7, 11) is 0. The Balaban J connectivity index is 1.76. The number of hydrogen-bond acceptors (Lipinski definition) is 4. The highest BCUT2D eigenvalue weighted by molar-refractivity contribution is 6.22. The molecule has 1 aliphatic rings. The molecule has 4 heteroatoms. The Kier molecular flexibility index (Phi) is 4.47. The molecule has 0 bridgehead atoms. The summed E-state index contributed by atoms with van der Waals surface area (Å²) in [5.41, 5.74) is 0.798. The molecule has 0 N–H and O–H groups in total. The van der Waals surface area contributed by atoms with Crippen LogP contribution >= 0.6 is 0 Å². The molecule has 0 aliphatic carbocycles. The van der Waals surface area contributed by atoms with Gasteiger partial charge in [-0.2, -0.15) is 0 Å². The summed E-state index contributed by atoms with van der Waals surface area (Å²) in [4.78, 5) is 36.8. The molecule has 0 amide bonds. The minimum atomic E-state index is -1.26. The van der Waals surface area contributed by atoms with Gasteiger partial charge in [0.25, 0.3) is 0 Å². The van der Waals surface area contributed by atoms with E-state index in [4.69, 9.17) is 4.74 Å². The number of carbonyl (C=O) groups is 3. The second-order valence-electron chi connectivity index (χ2n) is 6.72. The van der Waals surface area contributed by atoms with Crippen LogP contribution in [0.5, 0.6) is 0 Å². The highest BCUT2D eigenvalue weighted by Crippen LogP contribution is 2.25. The maximum Gasteiger partial charge on any atom is 0.325 e. The Morgan fingerprint density at radius 3 is 2.50 bits per heavy atom. The van der Waals surface area contributed by atoms with E-state index in [0.717, 1.165) is 16.3 Å². The molecule has 1 aliphatic heterocycles. The van der Waals surface area contributed by atoms with Crippen LogP contribution in [0, 0.1) is 11.8 Å². The summed E-state index contributed by atoms with van der Waals surface area (Å²) in [6, 6.07) is 13.6. The normalized spacial score (nSPS) is 20.6. The minimum absolute atomic E-state index is 0.0603. The molecule has 0 radical (unpaired) electrons. The Morgan fingerprint density at radius 1 is 1.08 bits per heavy atom. The molecule has 2 unspecified atom stereocenters. The molecule has 2 atom stereocenters. The first-order chi connectivity index (χ1) is 11.5. The molecule has 4 nitrogen and oxygen atoms in total. The van der Waals surface area contributed by atoms with Crippen LogP contribution in [0.15, 0.2) is 42.5 Å². The number of esters is 1. The summed E-state index contributed by atoms with van der Waals surface area (Å²) >= 11 is 0. The molecule has 1 heterocycles. The SMILES string of the molecule is CC(C)CC1OC(=O)C(C(=O)Cc2ccc3ccccc3c2)C1=O. The monoisotopic (exact) mass is 324 g/mol. The first kappa shape index (κ1) is 16.4. The van der Waals surface area contributed by atoms with E-state index in [0.29, 0.717) is 6.42 Å². The van der Waals surface area contributed by atoms with Crippen molar-refractivity contribution in [3.8, 4) is 0 Å². The van der Waals surface area contributed by atoms with Gasteiger partial charge in [0, 0.05) is 6.42 Å². The number of hydrogen-bond donors (Lipinski definition) is 0. The molecular formula is C20H20O4. The Morgan fingerprint density at radius 2 is 1.79 bits per heavy atom. The number of fused-ring (bicyclic) bond motifs is 1. The van der Waals surface area contributed by atoms with Crippen molar-refractivity contribution in [1.29, 1.82) is 0 Å². The average Bonchev–Trinajstić information content (AvgIpc) is 2.80. The van der Waals surface area contributed by atoms with Gasteiger partial charge in [-0.3, -0.25) is 14.4 Å². The fourth-order valence-electron chi connectivity index (χ4n) is 3.10. The summed E-state index contributed by atoms with van der Waals surface area (Å²) in [5, 5.41) is 2.11. The molecular weight excluding hydrogens is 304 g/mol. The van der Waals surface area contributed by atoms with Gasteiger partial charge in [0.2, 0.25) is 0 Å². The summed E-state index contributed by atoms with van der Waals surface area (Å²) in [5.74, 6) is -2.51. The zero-order valence-electron chi connectivity index (χ0n) is 13.8.